The van der Waals surface area contributed by atoms with E-state index in [2.05, 4.69) is 5.32 Å². The maximum absolute atomic E-state index is 11.9. The molecule has 1 aliphatic carbocycles. The Morgan fingerprint density at radius 3 is 2.65 bits per heavy atom. The fourth-order valence-electron chi connectivity index (χ4n) is 2.31. The SMILES string of the molecule is O=C(NC1CCCC1CO)c1ccc(O)cc1. The second-order valence-corrected chi connectivity index (χ2v) is 4.50. The summed E-state index contributed by atoms with van der Waals surface area (Å²) in [4.78, 5) is 11.9. The molecule has 0 bridgehead atoms. The first-order valence-electron chi connectivity index (χ1n) is 5.91. The van der Waals surface area contributed by atoms with Gasteiger partial charge in [-0.2, -0.15) is 0 Å². The van der Waals surface area contributed by atoms with Crippen molar-refractivity contribution in [1.29, 1.82) is 0 Å². The van der Waals surface area contributed by atoms with Gasteiger partial charge in [0.1, 0.15) is 5.75 Å². The molecule has 1 aliphatic rings. The third kappa shape index (κ3) is 2.77. The zero-order chi connectivity index (χ0) is 12.3. The lowest BCUT2D eigenvalue weighted by molar-refractivity contribution is 0.0916. The molecule has 0 aliphatic heterocycles. The Morgan fingerprint density at radius 1 is 1.29 bits per heavy atom. The van der Waals surface area contributed by atoms with E-state index in [1.165, 1.54) is 12.1 Å². The highest BCUT2D eigenvalue weighted by Gasteiger charge is 2.27. The molecule has 0 aromatic heterocycles. The van der Waals surface area contributed by atoms with Crippen LogP contribution in [0.3, 0.4) is 0 Å². The van der Waals surface area contributed by atoms with Crippen LogP contribution in [0.4, 0.5) is 0 Å². The molecule has 1 fully saturated rings. The molecular formula is C13H17NO3. The molecule has 2 rings (SSSR count). The van der Waals surface area contributed by atoms with Gasteiger partial charge in [0, 0.05) is 24.1 Å². The van der Waals surface area contributed by atoms with E-state index in [0.29, 0.717) is 5.56 Å². The van der Waals surface area contributed by atoms with E-state index < -0.39 is 0 Å². The first kappa shape index (κ1) is 11.9. The van der Waals surface area contributed by atoms with Crippen LogP contribution in [0.15, 0.2) is 24.3 Å². The normalized spacial score (nSPS) is 23.6. The van der Waals surface area contributed by atoms with Crippen molar-refractivity contribution < 1.29 is 15.0 Å². The summed E-state index contributed by atoms with van der Waals surface area (Å²) in [7, 11) is 0. The Hall–Kier alpha value is -1.55. The highest BCUT2D eigenvalue weighted by molar-refractivity contribution is 5.94. The quantitative estimate of drug-likeness (QED) is 0.739. The molecule has 1 amide bonds. The minimum Gasteiger partial charge on any atom is -0.508 e. The summed E-state index contributed by atoms with van der Waals surface area (Å²) >= 11 is 0. The summed E-state index contributed by atoms with van der Waals surface area (Å²) in [5.74, 6) is 0.182. The van der Waals surface area contributed by atoms with E-state index in [1.807, 2.05) is 0 Å². The number of phenols is 1. The predicted octanol–water partition coefficient (Wildman–Crippen LogP) is 1.28. The van der Waals surface area contributed by atoms with Gasteiger partial charge >= 0.3 is 0 Å². The fourth-order valence-corrected chi connectivity index (χ4v) is 2.31. The number of carbonyl (C=O) groups excluding carboxylic acids is 1. The van der Waals surface area contributed by atoms with E-state index in [9.17, 15) is 9.90 Å². The van der Waals surface area contributed by atoms with Gasteiger partial charge in [-0.3, -0.25) is 4.79 Å². The van der Waals surface area contributed by atoms with Crippen molar-refractivity contribution in [2.45, 2.75) is 25.3 Å². The van der Waals surface area contributed by atoms with Crippen LogP contribution in [0.25, 0.3) is 0 Å². The van der Waals surface area contributed by atoms with Gasteiger partial charge in [0.25, 0.3) is 5.91 Å². The van der Waals surface area contributed by atoms with Crippen LogP contribution in [0.2, 0.25) is 0 Å². The van der Waals surface area contributed by atoms with Crippen molar-refractivity contribution in [1.82, 2.24) is 5.32 Å². The van der Waals surface area contributed by atoms with Gasteiger partial charge < -0.3 is 15.5 Å². The summed E-state index contributed by atoms with van der Waals surface area (Å²) in [5.41, 5.74) is 0.534. The largest absolute Gasteiger partial charge is 0.508 e. The van der Waals surface area contributed by atoms with Gasteiger partial charge in [0.2, 0.25) is 0 Å². The van der Waals surface area contributed by atoms with Gasteiger partial charge in [-0.1, -0.05) is 6.42 Å². The van der Waals surface area contributed by atoms with Crippen LogP contribution in [-0.4, -0.2) is 28.8 Å². The Labute approximate surface area is 100 Å². The van der Waals surface area contributed by atoms with E-state index in [0.717, 1.165) is 19.3 Å². The molecule has 0 heterocycles. The fraction of sp³-hybridized carbons (Fsp3) is 0.462. The van der Waals surface area contributed by atoms with Gasteiger partial charge in [-0.15, -0.1) is 0 Å². The molecule has 2 atom stereocenters. The number of carbonyl (C=O) groups is 1. The standard InChI is InChI=1S/C13H17NO3/c15-8-10-2-1-3-12(10)14-13(17)9-4-6-11(16)7-5-9/h4-7,10,12,15-16H,1-3,8H2,(H,14,17). The lowest BCUT2D eigenvalue weighted by Gasteiger charge is -2.18. The van der Waals surface area contributed by atoms with Crippen LogP contribution in [-0.2, 0) is 0 Å². The number of aromatic hydroxyl groups is 1. The molecule has 1 aromatic rings. The minimum absolute atomic E-state index is 0.0707. The van der Waals surface area contributed by atoms with E-state index in [4.69, 9.17) is 5.11 Å². The third-order valence-corrected chi connectivity index (χ3v) is 3.34. The highest BCUT2D eigenvalue weighted by Crippen LogP contribution is 2.25. The molecule has 1 aromatic carbocycles. The van der Waals surface area contributed by atoms with Crippen LogP contribution in [0, 0.1) is 5.92 Å². The highest BCUT2D eigenvalue weighted by atomic mass is 16.3. The van der Waals surface area contributed by atoms with Gasteiger partial charge in [0.05, 0.1) is 0 Å². The van der Waals surface area contributed by atoms with Gasteiger partial charge in [0.15, 0.2) is 0 Å². The topological polar surface area (TPSA) is 69.6 Å². The molecule has 92 valence electrons. The Balaban J connectivity index is 1.99. The molecule has 0 spiro atoms. The Kier molecular flexibility index (Phi) is 3.64. The minimum atomic E-state index is -0.143. The zero-order valence-electron chi connectivity index (χ0n) is 9.60. The number of phenolic OH excluding ortho intramolecular Hbond substituents is 1. The molecule has 4 heteroatoms. The number of hydrogen-bond donors (Lipinski definition) is 3. The lowest BCUT2D eigenvalue weighted by Crippen LogP contribution is -2.38. The Morgan fingerprint density at radius 2 is 2.00 bits per heavy atom. The zero-order valence-corrected chi connectivity index (χ0v) is 9.60. The molecule has 2 unspecified atom stereocenters. The van der Waals surface area contributed by atoms with Crippen molar-refractivity contribution in [3.05, 3.63) is 29.8 Å². The van der Waals surface area contributed by atoms with E-state index >= 15 is 0 Å². The third-order valence-electron chi connectivity index (χ3n) is 3.34. The van der Waals surface area contributed by atoms with Gasteiger partial charge in [-0.25, -0.2) is 0 Å². The number of aliphatic hydroxyl groups excluding tert-OH is 1. The molecule has 0 radical (unpaired) electrons. The van der Waals surface area contributed by atoms with Crippen LogP contribution in [0.5, 0.6) is 5.75 Å². The van der Waals surface area contributed by atoms with Crippen molar-refractivity contribution in [3.63, 3.8) is 0 Å². The van der Waals surface area contributed by atoms with Crippen molar-refractivity contribution >= 4 is 5.91 Å². The summed E-state index contributed by atoms with van der Waals surface area (Å²) in [6.45, 7) is 0.126. The molecule has 17 heavy (non-hydrogen) atoms. The number of nitrogens with one attached hydrogen (secondary N) is 1. The van der Waals surface area contributed by atoms with Crippen molar-refractivity contribution in [3.8, 4) is 5.75 Å². The maximum Gasteiger partial charge on any atom is 0.251 e. The Bertz CT molecular complexity index is 388. The maximum atomic E-state index is 11.9. The summed E-state index contributed by atoms with van der Waals surface area (Å²) in [5, 5.41) is 21.2. The molecule has 0 saturated heterocycles. The second kappa shape index (κ2) is 5.19. The molecule has 1 saturated carbocycles. The number of hydrogen-bond acceptors (Lipinski definition) is 3. The van der Waals surface area contributed by atoms with Crippen LogP contribution in [0.1, 0.15) is 29.6 Å². The van der Waals surface area contributed by atoms with Gasteiger partial charge in [-0.05, 0) is 37.1 Å². The number of amides is 1. The number of aliphatic hydroxyl groups is 1. The average Bonchev–Trinajstić information content (AvgIpc) is 2.77. The molecular weight excluding hydrogens is 218 g/mol. The molecule has 3 N–H and O–H groups in total. The first-order valence-corrected chi connectivity index (χ1v) is 5.91. The van der Waals surface area contributed by atoms with E-state index in [1.54, 1.807) is 12.1 Å². The van der Waals surface area contributed by atoms with E-state index in [-0.39, 0.29) is 30.2 Å². The summed E-state index contributed by atoms with van der Waals surface area (Å²) in [6.07, 6.45) is 2.94. The summed E-state index contributed by atoms with van der Waals surface area (Å²) < 4.78 is 0. The van der Waals surface area contributed by atoms with Crippen LogP contribution < -0.4 is 5.32 Å². The molecule has 4 nitrogen and oxygen atoms in total. The second-order valence-electron chi connectivity index (χ2n) is 4.50. The number of benzene rings is 1. The predicted molar refractivity (Wildman–Crippen MR) is 63.8 cm³/mol. The number of rotatable bonds is 3. The lowest BCUT2D eigenvalue weighted by atomic mass is 10.0. The van der Waals surface area contributed by atoms with Crippen molar-refractivity contribution in [2.24, 2.45) is 5.92 Å². The first-order chi connectivity index (χ1) is 8.20. The summed E-state index contributed by atoms with van der Waals surface area (Å²) in [6, 6.07) is 6.24. The monoisotopic (exact) mass is 235 g/mol. The van der Waals surface area contributed by atoms with Crippen molar-refractivity contribution in [2.75, 3.05) is 6.61 Å². The van der Waals surface area contributed by atoms with Crippen LogP contribution >= 0.6 is 0 Å². The average molecular weight is 235 g/mol. The smallest absolute Gasteiger partial charge is 0.251 e.